The lowest BCUT2D eigenvalue weighted by Gasteiger charge is -2.05. The van der Waals surface area contributed by atoms with Crippen LogP contribution in [0.15, 0.2) is 30.5 Å². The number of hydrogen-bond acceptors (Lipinski definition) is 4. The maximum absolute atomic E-state index is 5.13. The smallest absolute Gasteiger partial charge is 0.118 e. The van der Waals surface area contributed by atoms with E-state index in [4.69, 9.17) is 4.74 Å². The summed E-state index contributed by atoms with van der Waals surface area (Å²) in [5, 5.41) is 4.63. The number of benzene rings is 1. The summed E-state index contributed by atoms with van der Waals surface area (Å²) in [5.74, 6) is 0.900. The topological polar surface area (TPSA) is 34.1 Å². The van der Waals surface area contributed by atoms with E-state index in [1.165, 1.54) is 15.4 Å². The van der Waals surface area contributed by atoms with Crippen molar-refractivity contribution in [1.29, 1.82) is 0 Å². The molecule has 1 aromatic heterocycles. The van der Waals surface area contributed by atoms with Crippen LogP contribution in [0.5, 0.6) is 5.75 Å². The van der Waals surface area contributed by atoms with Crippen LogP contribution in [-0.2, 0) is 13.0 Å². The van der Waals surface area contributed by atoms with Gasteiger partial charge in [0.15, 0.2) is 0 Å². The minimum atomic E-state index is 0.883. The minimum Gasteiger partial charge on any atom is -0.497 e. The van der Waals surface area contributed by atoms with Crippen LogP contribution >= 0.6 is 11.3 Å². The van der Waals surface area contributed by atoms with Gasteiger partial charge in [-0.1, -0.05) is 12.1 Å². The molecule has 0 radical (unpaired) electrons. The summed E-state index contributed by atoms with van der Waals surface area (Å²) in [7, 11) is 1.68. The van der Waals surface area contributed by atoms with Gasteiger partial charge in [0.2, 0.25) is 0 Å². The Bertz CT molecular complexity index is 479. The molecule has 0 fully saturated rings. The molecule has 0 aliphatic rings. The minimum absolute atomic E-state index is 0.883. The van der Waals surface area contributed by atoms with Crippen molar-refractivity contribution in [3.63, 3.8) is 0 Å². The fraction of sp³-hybridized carbons (Fsp3) is 0.357. The number of hydrogen-bond donors (Lipinski definition) is 1. The zero-order valence-electron chi connectivity index (χ0n) is 10.8. The normalized spacial score (nSPS) is 10.6. The molecule has 1 N–H and O–H groups in total. The molecule has 0 aliphatic heterocycles. The Kier molecular flexibility index (Phi) is 4.73. The van der Waals surface area contributed by atoms with E-state index in [1.807, 2.05) is 18.3 Å². The van der Waals surface area contributed by atoms with Gasteiger partial charge in [-0.25, -0.2) is 4.98 Å². The van der Waals surface area contributed by atoms with Crippen molar-refractivity contribution in [2.45, 2.75) is 19.9 Å². The van der Waals surface area contributed by atoms with Gasteiger partial charge in [0.1, 0.15) is 5.75 Å². The quantitative estimate of drug-likeness (QED) is 0.813. The molecule has 0 atom stereocenters. The molecule has 0 unspecified atom stereocenters. The highest BCUT2D eigenvalue weighted by molar-refractivity contribution is 7.11. The molecule has 1 heterocycles. The van der Waals surface area contributed by atoms with Crippen LogP contribution in [0.25, 0.3) is 0 Å². The first-order valence-electron chi connectivity index (χ1n) is 6.03. The van der Waals surface area contributed by atoms with Crippen molar-refractivity contribution < 1.29 is 4.74 Å². The third kappa shape index (κ3) is 3.82. The van der Waals surface area contributed by atoms with Gasteiger partial charge in [-0.3, -0.25) is 0 Å². The van der Waals surface area contributed by atoms with E-state index in [9.17, 15) is 0 Å². The molecule has 2 aromatic rings. The van der Waals surface area contributed by atoms with Crippen LogP contribution in [0.3, 0.4) is 0 Å². The number of rotatable bonds is 6. The Morgan fingerprint density at radius 1 is 1.28 bits per heavy atom. The number of aromatic nitrogens is 1. The van der Waals surface area contributed by atoms with Crippen molar-refractivity contribution in [1.82, 2.24) is 10.3 Å². The third-order valence-electron chi connectivity index (χ3n) is 2.67. The van der Waals surface area contributed by atoms with E-state index >= 15 is 0 Å². The third-order valence-corrected chi connectivity index (χ3v) is 3.65. The van der Waals surface area contributed by atoms with E-state index < -0.39 is 0 Å². The Morgan fingerprint density at radius 3 is 2.67 bits per heavy atom. The zero-order valence-corrected chi connectivity index (χ0v) is 11.6. The Hall–Kier alpha value is -1.39. The van der Waals surface area contributed by atoms with Gasteiger partial charge in [0.05, 0.1) is 12.1 Å². The van der Waals surface area contributed by atoms with E-state index in [0.29, 0.717) is 0 Å². The summed E-state index contributed by atoms with van der Waals surface area (Å²) in [5.41, 5.74) is 1.27. The maximum atomic E-state index is 5.13. The maximum Gasteiger partial charge on any atom is 0.118 e. The van der Waals surface area contributed by atoms with Gasteiger partial charge < -0.3 is 10.1 Å². The molecule has 0 aliphatic carbocycles. The standard InChI is InChI=1S/C14H18N2OS/c1-11-9-16-14(18-11)7-8-15-10-12-3-5-13(17-2)6-4-12/h3-6,9,15H,7-8,10H2,1-2H3. The van der Waals surface area contributed by atoms with E-state index in [-0.39, 0.29) is 0 Å². The highest BCUT2D eigenvalue weighted by Gasteiger charge is 1.98. The van der Waals surface area contributed by atoms with Gasteiger partial charge in [-0.05, 0) is 24.6 Å². The van der Waals surface area contributed by atoms with Crippen LogP contribution in [0.1, 0.15) is 15.4 Å². The van der Waals surface area contributed by atoms with Crippen molar-refractivity contribution >= 4 is 11.3 Å². The number of nitrogens with zero attached hydrogens (tertiary/aromatic N) is 1. The monoisotopic (exact) mass is 262 g/mol. The van der Waals surface area contributed by atoms with Crippen LogP contribution in [0.4, 0.5) is 0 Å². The first kappa shape index (κ1) is 13.1. The lowest BCUT2D eigenvalue weighted by Crippen LogP contribution is -2.16. The molecular weight excluding hydrogens is 244 g/mol. The predicted molar refractivity (Wildman–Crippen MR) is 75.3 cm³/mol. The second-order valence-corrected chi connectivity index (χ2v) is 5.46. The molecule has 4 heteroatoms. The number of ether oxygens (including phenoxy) is 1. The SMILES string of the molecule is COc1ccc(CNCCc2ncc(C)s2)cc1. The zero-order chi connectivity index (χ0) is 12.8. The van der Waals surface area contributed by atoms with Crippen LogP contribution in [0, 0.1) is 6.92 Å². The second-order valence-electron chi connectivity index (χ2n) is 4.14. The Balaban J connectivity index is 1.71. The molecule has 1 aromatic carbocycles. The predicted octanol–water partition coefficient (Wildman–Crippen LogP) is 2.79. The second kappa shape index (κ2) is 6.52. The molecule has 3 nitrogen and oxygen atoms in total. The fourth-order valence-electron chi connectivity index (χ4n) is 1.69. The van der Waals surface area contributed by atoms with Crippen LogP contribution in [-0.4, -0.2) is 18.6 Å². The highest BCUT2D eigenvalue weighted by Crippen LogP contribution is 2.12. The van der Waals surface area contributed by atoms with Crippen molar-refractivity contribution in [3.8, 4) is 5.75 Å². The van der Waals surface area contributed by atoms with Crippen LogP contribution in [0.2, 0.25) is 0 Å². The molecule has 0 saturated heterocycles. The average molecular weight is 262 g/mol. The molecular formula is C14H18N2OS. The molecule has 0 spiro atoms. The van der Waals surface area contributed by atoms with E-state index in [1.54, 1.807) is 18.4 Å². The molecule has 96 valence electrons. The van der Waals surface area contributed by atoms with Gasteiger partial charge >= 0.3 is 0 Å². The summed E-state index contributed by atoms with van der Waals surface area (Å²) in [6, 6.07) is 8.14. The summed E-state index contributed by atoms with van der Waals surface area (Å²) in [4.78, 5) is 5.62. The number of methoxy groups -OCH3 is 1. The lowest BCUT2D eigenvalue weighted by molar-refractivity contribution is 0.414. The number of aryl methyl sites for hydroxylation is 1. The first-order valence-corrected chi connectivity index (χ1v) is 6.84. The van der Waals surface area contributed by atoms with E-state index in [0.717, 1.165) is 25.3 Å². The molecule has 0 bridgehead atoms. The van der Waals surface area contributed by atoms with E-state index in [2.05, 4.69) is 29.4 Å². The van der Waals surface area contributed by atoms with Gasteiger partial charge in [-0.15, -0.1) is 11.3 Å². The van der Waals surface area contributed by atoms with Gasteiger partial charge in [0, 0.05) is 30.6 Å². The largest absolute Gasteiger partial charge is 0.497 e. The van der Waals surface area contributed by atoms with Crippen molar-refractivity contribution in [2.75, 3.05) is 13.7 Å². The summed E-state index contributed by atoms with van der Waals surface area (Å²) < 4.78 is 5.13. The van der Waals surface area contributed by atoms with Crippen LogP contribution < -0.4 is 10.1 Å². The molecule has 2 rings (SSSR count). The molecule has 18 heavy (non-hydrogen) atoms. The highest BCUT2D eigenvalue weighted by atomic mass is 32.1. The summed E-state index contributed by atoms with van der Waals surface area (Å²) in [6.45, 7) is 3.93. The number of thiazole rings is 1. The molecule has 0 saturated carbocycles. The first-order chi connectivity index (χ1) is 8.78. The fourth-order valence-corrected chi connectivity index (χ4v) is 2.48. The Labute approximate surface area is 112 Å². The van der Waals surface area contributed by atoms with Crippen molar-refractivity contribution in [2.24, 2.45) is 0 Å². The molecule has 0 amide bonds. The number of nitrogens with one attached hydrogen (secondary N) is 1. The van der Waals surface area contributed by atoms with Gasteiger partial charge in [-0.2, -0.15) is 0 Å². The lowest BCUT2D eigenvalue weighted by atomic mass is 10.2. The van der Waals surface area contributed by atoms with Gasteiger partial charge in [0.25, 0.3) is 0 Å². The summed E-state index contributed by atoms with van der Waals surface area (Å²) >= 11 is 1.77. The van der Waals surface area contributed by atoms with Crippen molar-refractivity contribution in [3.05, 3.63) is 45.9 Å². The average Bonchev–Trinajstić information content (AvgIpc) is 2.81. The Morgan fingerprint density at radius 2 is 2.06 bits per heavy atom. The summed E-state index contributed by atoms with van der Waals surface area (Å²) in [6.07, 6.45) is 2.93.